The monoisotopic (exact) mass is 158 g/mol. The van der Waals surface area contributed by atoms with E-state index in [1.54, 1.807) is 0 Å². The largest absolute Gasteiger partial charge is 0.381 e. The van der Waals surface area contributed by atoms with Crippen molar-refractivity contribution in [1.29, 1.82) is 0 Å². The highest BCUT2D eigenvalue weighted by Crippen LogP contribution is 2.48. The van der Waals surface area contributed by atoms with Crippen LogP contribution < -0.4 is 5.32 Å². The Balaban J connectivity index is 1.78. The maximum Gasteiger partial charge on any atom is 0.0582 e. The number of hydrogen-bond donors (Lipinski definition) is 1. The van der Waals surface area contributed by atoms with Crippen LogP contribution >= 0.6 is 0 Å². The van der Waals surface area contributed by atoms with E-state index in [0.717, 1.165) is 25.9 Å². The second-order valence-corrected chi connectivity index (χ2v) is 3.90. The van der Waals surface area contributed by atoms with E-state index in [2.05, 4.69) is 5.32 Å². The van der Waals surface area contributed by atoms with Gasteiger partial charge < -0.3 is 10.1 Å². The lowest BCUT2D eigenvalue weighted by molar-refractivity contribution is -0.0735. The molecule has 1 heterocycles. The van der Waals surface area contributed by atoms with Gasteiger partial charge in [-0.15, -0.1) is 0 Å². The molecule has 1 spiro atoms. The summed E-state index contributed by atoms with van der Waals surface area (Å²) in [6.07, 6.45) is 4.20. The van der Waals surface area contributed by atoms with E-state index in [-0.39, 0.29) is 6.10 Å². The molecule has 0 unspecified atom stereocenters. The molecule has 1 saturated heterocycles. The Hall–Kier alpha value is -0.0800. The van der Waals surface area contributed by atoms with E-state index in [9.17, 15) is 0 Å². The van der Waals surface area contributed by atoms with Crippen LogP contribution in [0.25, 0.3) is 0 Å². The van der Waals surface area contributed by atoms with Crippen LogP contribution in [-0.4, -0.2) is 26.2 Å². The first-order valence-electron chi connectivity index (χ1n) is 5.88. The van der Waals surface area contributed by atoms with Crippen molar-refractivity contribution in [2.45, 2.75) is 31.8 Å². The van der Waals surface area contributed by atoms with Crippen molar-refractivity contribution in [3.05, 3.63) is 0 Å². The molecule has 0 aromatic heterocycles. The summed E-state index contributed by atoms with van der Waals surface area (Å²) in [5.41, 5.74) is 0.404. The van der Waals surface area contributed by atoms with Gasteiger partial charge in [0.1, 0.15) is 0 Å². The normalized spacial score (nSPS) is 35.5. The molecule has 64 valence electrons. The van der Waals surface area contributed by atoms with Crippen molar-refractivity contribution in [3.63, 3.8) is 0 Å². The third-order valence-corrected chi connectivity index (χ3v) is 3.15. The molecule has 2 fully saturated rings. The molecule has 0 radical (unpaired) electrons. The molecule has 11 heavy (non-hydrogen) atoms. The molecule has 0 bridgehead atoms. The van der Waals surface area contributed by atoms with Gasteiger partial charge in [-0.3, -0.25) is 0 Å². The minimum absolute atomic E-state index is 0.0272. The van der Waals surface area contributed by atoms with Gasteiger partial charge in [0.2, 0.25) is 0 Å². The maximum absolute atomic E-state index is 7.00. The summed E-state index contributed by atoms with van der Waals surface area (Å²) in [6, 6.07) is 0. The molecule has 1 aliphatic carbocycles. The summed E-state index contributed by atoms with van der Waals surface area (Å²) in [5, 5.41) is 3.32. The van der Waals surface area contributed by atoms with Gasteiger partial charge in [-0.1, -0.05) is 0 Å². The van der Waals surface area contributed by atoms with E-state index in [1.165, 1.54) is 12.8 Å². The minimum atomic E-state index is -2.21. The summed E-state index contributed by atoms with van der Waals surface area (Å²) in [4.78, 5) is 0. The zero-order valence-corrected chi connectivity index (χ0v) is 6.73. The Bertz CT molecular complexity index is 203. The molecule has 0 atom stereocenters. The van der Waals surface area contributed by atoms with Crippen LogP contribution in [0.4, 0.5) is 0 Å². The summed E-state index contributed by atoms with van der Waals surface area (Å²) in [5.74, 6) is 0. The first-order chi connectivity index (χ1) is 6.49. The lowest BCUT2D eigenvalue weighted by Crippen LogP contribution is -2.48. The van der Waals surface area contributed by atoms with Gasteiger partial charge in [-0.2, -0.15) is 0 Å². The summed E-state index contributed by atoms with van der Waals surface area (Å²) in [7, 11) is -2.21. The van der Waals surface area contributed by atoms with Crippen molar-refractivity contribution >= 4 is 0 Å². The van der Waals surface area contributed by atoms with Gasteiger partial charge >= 0.3 is 0 Å². The van der Waals surface area contributed by atoms with Crippen molar-refractivity contribution in [2.75, 3.05) is 20.1 Å². The maximum atomic E-state index is 7.00. The smallest absolute Gasteiger partial charge is 0.0582 e. The number of rotatable bonds is 1. The molecular formula is C9H17NO. The molecule has 2 nitrogen and oxygen atoms in total. The highest BCUT2D eigenvalue weighted by Gasteiger charge is 2.44. The average molecular weight is 158 g/mol. The van der Waals surface area contributed by atoms with E-state index >= 15 is 0 Å². The summed E-state index contributed by atoms with van der Waals surface area (Å²) < 4.78 is 26.0. The first-order valence-corrected chi connectivity index (χ1v) is 4.38. The lowest BCUT2D eigenvalue weighted by Gasteiger charge is -2.49. The number of hydrogen-bond acceptors (Lipinski definition) is 2. The fraction of sp³-hybridized carbons (Fsp3) is 1.00. The van der Waals surface area contributed by atoms with Crippen molar-refractivity contribution in [3.8, 4) is 0 Å². The van der Waals surface area contributed by atoms with Gasteiger partial charge in [-0.25, -0.2) is 0 Å². The molecule has 1 saturated carbocycles. The third-order valence-electron chi connectivity index (χ3n) is 3.15. The molecule has 2 aliphatic rings. The van der Waals surface area contributed by atoms with Gasteiger partial charge in [-0.05, 0) is 44.2 Å². The van der Waals surface area contributed by atoms with Crippen molar-refractivity contribution in [1.82, 2.24) is 5.32 Å². The Morgan fingerprint density at radius 1 is 1.45 bits per heavy atom. The first kappa shape index (κ1) is 4.83. The summed E-state index contributed by atoms with van der Waals surface area (Å²) in [6.45, 7) is 2.14. The predicted molar refractivity (Wildman–Crippen MR) is 44.6 cm³/mol. The van der Waals surface area contributed by atoms with Crippen molar-refractivity contribution < 1.29 is 8.85 Å². The Labute approximate surface area is 72.5 Å². The van der Waals surface area contributed by atoms with Crippen LogP contribution in [0.5, 0.6) is 0 Å². The van der Waals surface area contributed by atoms with Crippen LogP contribution in [-0.2, 0) is 4.74 Å². The molecule has 0 aromatic rings. The average Bonchev–Trinajstić information content (AvgIpc) is 2.00. The number of nitrogens with one attached hydrogen (secondary N) is 1. The van der Waals surface area contributed by atoms with E-state index in [4.69, 9.17) is 8.85 Å². The van der Waals surface area contributed by atoms with Crippen LogP contribution in [0, 0.1) is 5.41 Å². The molecule has 1 aliphatic heterocycles. The van der Waals surface area contributed by atoms with Crippen LogP contribution in [0.15, 0.2) is 0 Å². The molecule has 1 N–H and O–H groups in total. The molecule has 0 aromatic carbocycles. The quantitative estimate of drug-likeness (QED) is 0.618. The van der Waals surface area contributed by atoms with Gasteiger partial charge in [0.05, 0.1) is 10.2 Å². The molecular weight excluding hydrogens is 138 g/mol. The Kier molecular flexibility index (Phi) is 1.21. The van der Waals surface area contributed by atoms with E-state index in [1.807, 2.05) is 0 Å². The predicted octanol–water partition coefficient (Wildman–Crippen LogP) is 1.17. The van der Waals surface area contributed by atoms with E-state index in [0.29, 0.717) is 5.41 Å². The van der Waals surface area contributed by atoms with Gasteiger partial charge in [0.25, 0.3) is 0 Å². The topological polar surface area (TPSA) is 21.3 Å². The highest BCUT2D eigenvalue weighted by atomic mass is 16.5. The Morgan fingerprint density at radius 2 is 2.18 bits per heavy atom. The molecule has 0 amide bonds. The standard InChI is InChI=1S/C9H17NO/c1-11-8-6-9(7-8)2-4-10-5-3-9/h8,10H,2-7H2,1H3/i1D3. The minimum Gasteiger partial charge on any atom is -0.381 e. The number of ether oxygens (including phenoxy) is 1. The fourth-order valence-electron chi connectivity index (χ4n) is 2.35. The van der Waals surface area contributed by atoms with Gasteiger partial charge in [0.15, 0.2) is 0 Å². The van der Waals surface area contributed by atoms with Crippen LogP contribution in [0.2, 0.25) is 0 Å². The van der Waals surface area contributed by atoms with Crippen molar-refractivity contribution in [2.24, 2.45) is 5.41 Å². The number of piperidine rings is 1. The highest BCUT2D eigenvalue weighted by molar-refractivity contribution is 4.96. The lowest BCUT2D eigenvalue weighted by atomic mass is 9.62. The van der Waals surface area contributed by atoms with Crippen LogP contribution in [0.1, 0.15) is 29.8 Å². The Morgan fingerprint density at radius 3 is 2.82 bits per heavy atom. The second-order valence-electron chi connectivity index (χ2n) is 3.90. The zero-order valence-electron chi connectivity index (χ0n) is 9.73. The zero-order chi connectivity index (χ0) is 10.2. The fourth-order valence-corrected chi connectivity index (χ4v) is 2.35. The number of methoxy groups -OCH3 is 1. The van der Waals surface area contributed by atoms with Gasteiger partial charge in [0, 0.05) is 7.04 Å². The SMILES string of the molecule is [2H]C([2H])([2H])OC1CC2(CCNCC2)C1. The molecule has 2 rings (SSSR count). The summed E-state index contributed by atoms with van der Waals surface area (Å²) >= 11 is 0. The second kappa shape index (κ2) is 2.76. The van der Waals surface area contributed by atoms with Crippen LogP contribution in [0.3, 0.4) is 0 Å². The molecule has 2 heteroatoms. The third kappa shape index (κ3) is 1.30. The van der Waals surface area contributed by atoms with E-state index < -0.39 is 7.04 Å².